The average Bonchev–Trinajstić information content (AvgIpc) is 3.20. The Bertz CT molecular complexity index is 343. The van der Waals surface area contributed by atoms with Gasteiger partial charge < -0.3 is 10.1 Å². The molecule has 1 unspecified atom stereocenters. The van der Waals surface area contributed by atoms with Gasteiger partial charge in [-0.1, -0.05) is 44.0 Å². The highest BCUT2D eigenvalue weighted by Crippen LogP contribution is 2.32. The number of nitrogens with one attached hydrogen (secondary N) is 1. The maximum atomic E-state index is 5.71. The summed E-state index contributed by atoms with van der Waals surface area (Å²) in [5, 5.41) is 3.21. The van der Waals surface area contributed by atoms with Crippen molar-refractivity contribution < 1.29 is 4.74 Å². The van der Waals surface area contributed by atoms with E-state index in [0.717, 1.165) is 25.7 Å². The first kappa shape index (κ1) is 13.6. The Balaban J connectivity index is 1.72. The maximum absolute atomic E-state index is 5.71. The van der Waals surface area contributed by atoms with Gasteiger partial charge in [-0.15, -0.1) is 0 Å². The van der Waals surface area contributed by atoms with Crippen molar-refractivity contribution in [3.63, 3.8) is 0 Å². The van der Waals surface area contributed by atoms with Crippen LogP contribution in [0.4, 0.5) is 0 Å². The first-order valence-corrected chi connectivity index (χ1v) is 7.10. The molecule has 0 spiro atoms. The van der Waals surface area contributed by atoms with E-state index in [0.29, 0.717) is 5.92 Å². The standard InChI is InChI=1S/C16H25NO/c1-13(11-17-2)16-7-5-15(6-8-16)12-18-10-9-14-3-4-14/h5-8,13-14,17H,3-4,9-12H2,1-2H3. The highest BCUT2D eigenvalue weighted by atomic mass is 16.5. The van der Waals surface area contributed by atoms with E-state index in [-0.39, 0.29) is 0 Å². The minimum absolute atomic E-state index is 0.569. The summed E-state index contributed by atoms with van der Waals surface area (Å²) in [6.07, 6.45) is 4.08. The molecule has 2 heteroatoms. The number of benzene rings is 1. The van der Waals surface area contributed by atoms with Gasteiger partial charge in [0.25, 0.3) is 0 Å². The van der Waals surface area contributed by atoms with Crippen molar-refractivity contribution in [3.8, 4) is 0 Å². The highest BCUT2D eigenvalue weighted by Gasteiger charge is 2.20. The summed E-state index contributed by atoms with van der Waals surface area (Å²) in [5.41, 5.74) is 2.68. The summed E-state index contributed by atoms with van der Waals surface area (Å²) in [6, 6.07) is 8.83. The van der Waals surface area contributed by atoms with Crippen LogP contribution in [0.25, 0.3) is 0 Å². The van der Waals surface area contributed by atoms with Crippen LogP contribution in [0.5, 0.6) is 0 Å². The summed E-state index contributed by atoms with van der Waals surface area (Å²) in [5.74, 6) is 1.54. The molecule has 0 heterocycles. The lowest BCUT2D eigenvalue weighted by molar-refractivity contribution is 0.115. The number of rotatable bonds is 8. The molecule has 0 aliphatic heterocycles. The predicted molar refractivity (Wildman–Crippen MR) is 75.8 cm³/mol. The van der Waals surface area contributed by atoms with E-state index < -0.39 is 0 Å². The first-order chi connectivity index (χ1) is 8.79. The summed E-state index contributed by atoms with van der Waals surface area (Å²) >= 11 is 0. The van der Waals surface area contributed by atoms with Crippen LogP contribution in [0, 0.1) is 5.92 Å². The van der Waals surface area contributed by atoms with Crippen molar-refractivity contribution in [1.29, 1.82) is 0 Å². The van der Waals surface area contributed by atoms with Crippen LogP contribution in [0.1, 0.15) is 43.2 Å². The largest absolute Gasteiger partial charge is 0.377 e. The fourth-order valence-corrected chi connectivity index (χ4v) is 2.21. The van der Waals surface area contributed by atoms with Crippen LogP contribution < -0.4 is 5.32 Å². The number of likely N-dealkylation sites (N-methyl/N-ethyl adjacent to an activating group) is 1. The van der Waals surface area contributed by atoms with Crippen LogP contribution in [0.15, 0.2) is 24.3 Å². The molecule has 1 aromatic rings. The monoisotopic (exact) mass is 247 g/mol. The Kier molecular flexibility index (Phi) is 5.21. The third-order valence-electron chi connectivity index (χ3n) is 3.70. The van der Waals surface area contributed by atoms with Gasteiger partial charge in [0.2, 0.25) is 0 Å². The second kappa shape index (κ2) is 6.91. The van der Waals surface area contributed by atoms with Crippen molar-refractivity contribution in [2.45, 2.75) is 38.7 Å². The normalized spacial score (nSPS) is 16.8. The van der Waals surface area contributed by atoms with Crippen molar-refractivity contribution in [2.24, 2.45) is 5.92 Å². The summed E-state index contributed by atoms with van der Waals surface area (Å²) in [7, 11) is 2.00. The van der Waals surface area contributed by atoms with E-state index in [1.807, 2.05) is 7.05 Å². The molecule has 100 valence electrons. The van der Waals surface area contributed by atoms with E-state index >= 15 is 0 Å². The predicted octanol–water partition coefficient (Wildman–Crippen LogP) is 3.33. The van der Waals surface area contributed by atoms with Gasteiger partial charge in [-0.05, 0) is 36.4 Å². The number of hydrogen-bond donors (Lipinski definition) is 1. The number of hydrogen-bond acceptors (Lipinski definition) is 2. The van der Waals surface area contributed by atoms with Crippen molar-refractivity contribution in [2.75, 3.05) is 20.2 Å². The van der Waals surface area contributed by atoms with Crippen molar-refractivity contribution >= 4 is 0 Å². The molecule has 2 rings (SSSR count). The van der Waals surface area contributed by atoms with Gasteiger partial charge in [0, 0.05) is 13.2 Å². The van der Waals surface area contributed by atoms with E-state index in [9.17, 15) is 0 Å². The molecule has 0 saturated heterocycles. The van der Waals surface area contributed by atoms with Crippen molar-refractivity contribution in [3.05, 3.63) is 35.4 Å². The Labute approximate surface area is 111 Å². The fraction of sp³-hybridized carbons (Fsp3) is 0.625. The minimum Gasteiger partial charge on any atom is -0.377 e. The SMILES string of the molecule is CNCC(C)c1ccc(COCCC2CC2)cc1. The van der Waals surface area contributed by atoms with E-state index in [4.69, 9.17) is 4.74 Å². The van der Waals surface area contributed by atoms with Gasteiger partial charge in [0.15, 0.2) is 0 Å². The third-order valence-corrected chi connectivity index (χ3v) is 3.70. The molecule has 1 N–H and O–H groups in total. The molecule has 1 aliphatic carbocycles. The van der Waals surface area contributed by atoms with E-state index in [1.54, 1.807) is 0 Å². The molecule has 0 radical (unpaired) electrons. The van der Waals surface area contributed by atoms with Gasteiger partial charge in [-0.3, -0.25) is 0 Å². The second-order valence-electron chi connectivity index (χ2n) is 5.48. The molecule has 1 saturated carbocycles. The van der Waals surface area contributed by atoms with Gasteiger partial charge in [0.05, 0.1) is 6.61 Å². The molecule has 1 fully saturated rings. The minimum atomic E-state index is 0.569. The third kappa shape index (κ3) is 4.43. The zero-order valence-electron chi connectivity index (χ0n) is 11.6. The molecule has 0 amide bonds. The zero-order valence-corrected chi connectivity index (χ0v) is 11.6. The lowest BCUT2D eigenvalue weighted by atomic mass is 10.00. The number of ether oxygens (including phenoxy) is 1. The molecule has 2 nitrogen and oxygen atoms in total. The smallest absolute Gasteiger partial charge is 0.0716 e. The molecular formula is C16H25NO. The molecule has 1 aliphatic rings. The highest BCUT2D eigenvalue weighted by molar-refractivity contribution is 5.24. The molecule has 1 aromatic carbocycles. The van der Waals surface area contributed by atoms with Crippen LogP contribution in [-0.4, -0.2) is 20.2 Å². The maximum Gasteiger partial charge on any atom is 0.0716 e. The van der Waals surface area contributed by atoms with Crippen LogP contribution in [0.2, 0.25) is 0 Å². The Morgan fingerprint density at radius 3 is 2.61 bits per heavy atom. The molecule has 18 heavy (non-hydrogen) atoms. The summed E-state index contributed by atoms with van der Waals surface area (Å²) in [6.45, 7) is 4.95. The first-order valence-electron chi connectivity index (χ1n) is 7.10. The van der Waals surface area contributed by atoms with Gasteiger partial charge in [-0.25, -0.2) is 0 Å². The molecule has 1 atom stereocenters. The van der Waals surface area contributed by atoms with Gasteiger partial charge in [0.1, 0.15) is 0 Å². The van der Waals surface area contributed by atoms with Gasteiger partial charge in [-0.2, -0.15) is 0 Å². The van der Waals surface area contributed by atoms with Gasteiger partial charge >= 0.3 is 0 Å². The van der Waals surface area contributed by atoms with Crippen LogP contribution in [-0.2, 0) is 11.3 Å². The average molecular weight is 247 g/mol. The summed E-state index contributed by atoms with van der Waals surface area (Å²) in [4.78, 5) is 0. The molecular weight excluding hydrogens is 222 g/mol. The van der Waals surface area contributed by atoms with Crippen LogP contribution >= 0.6 is 0 Å². The lowest BCUT2D eigenvalue weighted by Gasteiger charge is -2.12. The molecule has 0 aromatic heterocycles. The Morgan fingerprint density at radius 2 is 2.00 bits per heavy atom. The topological polar surface area (TPSA) is 21.3 Å². The summed E-state index contributed by atoms with van der Waals surface area (Å²) < 4.78 is 5.71. The second-order valence-corrected chi connectivity index (χ2v) is 5.48. The fourth-order valence-electron chi connectivity index (χ4n) is 2.21. The lowest BCUT2D eigenvalue weighted by Crippen LogP contribution is -2.14. The quantitative estimate of drug-likeness (QED) is 0.711. The van der Waals surface area contributed by atoms with Crippen molar-refractivity contribution in [1.82, 2.24) is 5.32 Å². The van der Waals surface area contributed by atoms with E-state index in [1.165, 1.54) is 30.4 Å². The zero-order chi connectivity index (χ0) is 12.8. The molecule has 0 bridgehead atoms. The van der Waals surface area contributed by atoms with E-state index in [2.05, 4.69) is 36.5 Å². The van der Waals surface area contributed by atoms with Crippen LogP contribution in [0.3, 0.4) is 0 Å². The Hall–Kier alpha value is -0.860. The Morgan fingerprint density at radius 1 is 1.28 bits per heavy atom.